The first-order valence-corrected chi connectivity index (χ1v) is 17.7. The minimum Gasteiger partial charge on any atom is -0.462 e. The summed E-state index contributed by atoms with van der Waals surface area (Å²) in [6.45, 7) is 14.1. The molecule has 0 aromatic rings. The van der Waals surface area contributed by atoms with Gasteiger partial charge in [0.25, 0.3) is 0 Å². The van der Waals surface area contributed by atoms with E-state index in [4.69, 9.17) is 30.4 Å². The van der Waals surface area contributed by atoms with Crippen molar-refractivity contribution in [3.63, 3.8) is 0 Å². The maximum Gasteiger partial charge on any atom is 0.308 e. The lowest BCUT2D eigenvalue weighted by Gasteiger charge is -2.30. The number of primary amides is 1. The standard InChI is InChI=1S/C32H61N5O11S/c1-20(2)29(43)45-17-22(48-30(44)21(3)4)18-49-19-23(33)27(41)37-24(16-38)28(42)35-12-14-47-32(7,8)11-13-46-31(5,6)10-9-26(40)36-15-25(34)39/h20-24,26,36,38,40H,9-19,33H2,1-8H3,(H2,34,39)(H,35,42)(H,37,41)/t22-,23+,24+,26?/m1/s1. The SMILES string of the molecule is CC(C)C(=O)OC[C@H](CSC[C@H](N)C(=O)N[C@@H](CO)C(=O)NCCOC(C)(C)CCOC(C)(C)CCC(O)NCC(N)=O)OC(=O)C(C)C. The molecule has 0 rings (SSSR count). The lowest BCUT2D eigenvalue weighted by atomic mass is 10.0. The van der Waals surface area contributed by atoms with E-state index in [1.54, 1.807) is 27.7 Å². The molecule has 0 aromatic carbocycles. The smallest absolute Gasteiger partial charge is 0.308 e. The van der Waals surface area contributed by atoms with E-state index in [1.165, 1.54) is 11.8 Å². The normalized spacial score (nSPS) is 14.6. The molecule has 0 aromatic heterocycles. The number of nitrogens with two attached hydrogens (primary N) is 2. The molecular weight excluding hydrogens is 662 g/mol. The second-order valence-electron chi connectivity index (χ2n) is 13.5. The predicted molar refractivity (Wildman–Crippen MR) is 185 cm³/mol. The lowest BCUT2D eigenvalue weighted by molar-refractivity contribution is -0.161. The van der Waals surface area contributed by atoms with Gasteiger partial charge in [-0.3, -0.25) is 29.3 Å². The van der Waals surface area contributed by atoms with Crippen molar-refractivity contribution < 1.29 is 53.1 Å². The molecule has 17 heteroatoms. The van der Waals surface area contributed by atoms with Crippen molar-refractivity contribution in [2.45, 2.75) is 110 Å². The fraction of sp³-hybridized carbons (Fsp3) is 0.844. The second kappa shape index (κ2) is 23.8. The number of amides is 3. The van der Waals surface area contributed by atoms with Gasteiger partial charge in [0, 0.05) is 18.1 Å². The van der Waals surface area contributed by atoms with Gasteiger partial charge >= 0.3 is 11.9 Å². The highest BCUT2D eigenvalue weighted by Crippen LogP contribution is 2.21. The van der Waals surface area contributed by atoms with Gasteiger partial charge in [-0.05, 0) is 47.0 Å². The van der Waals surface area contributed by atoms with Gasteiger partial charge in [0.1, 0.15) is 25.0 Å². The minimum absolute atomic E-state index is 0.111. The fourth-order valence-electron chi connectivity index (χ4n) is 3.78. The number of thioether (sulfide) groups is 1. The van der Waals surface area contributed by atoms with Crippen molar-refractivity contribution in [2.75, 3.05) is 51.0 Å². The zero-order valence-electron chi connectivity index (χ0n) is 30.4. The topological polar surface area (TPSA) is 251 Å². The Balaban J connectivity index is 4.60. The van der Waals surface area contributed by atoms with Crippen molar-refractivity contribution in [3.8, 4) is 0 Å². The van der Waals surface area contributed by atoms with Crippen molar-refractivity contribution in [2.24, 2.45) is 23.3 Å². The van der Waals surface area contributed by atoms with E-state index < -0.39 is 71.9 Å². The minimum atomic E-state index is -1.23. The molecule has 0 spiro atoms. The first kappa shape index (κ1) is 46.5. The van der Waals surface area contributed by atoms with Crippen LogP contribution in [0.15, 0.2) is 0 Å². The number of rotatable bonds is 27. The molecule has 0 radical (unpaired) electrons. The molecule has 0 bridgehead atoms. The van der Waals surface area contributed by atoms with Gasteiger partial charge in [0.2, 0.25) is 17.7 Å². The molecule has 0 heterocycles. The molecule has 0 aliphatic rings. The van der Waals surface area contributed by atoms with Gasteiger partial charge in [-0.15, -0.1) is 0 Å². The zero-order valence-corrected chi connectivity index (χ0v) is 31.2. The van der Waals surface area contributed by atoms with Crippen LogP contribution in [0.2, 0.25) is 0 Å². The van der Waals surface area contributed by atoms with E-state index in [0.717, 1.165) is 0 Å². The third kappa shape index (κ3) is 22.7. The molecule has 16 nitrogen and oxygen atoms in total. The quantitative estimate of drug-likeness (QED) is 0.0323. The van der Waals surface area contributed by atoms with Crippen LogP contribution in [0.1, 0.15) is 74.7 Å². The first-order valence-electron chi connectivity index (χ1n) is 16.6. The van der Waals surface area contributed by atoms with Gasteiger partial charge in [-0.1, -0.05) is 27.7 Å². The number of carbonyl (C=O) groups is 5. The number of ether oxygens (including phenoxy) is 4. The number of hydrogen-bond donors (Lipinski definition) is 7. The van der Waals surface area contributed by atoms with Gasteiger partial charge in [-0.2, -0.15) is 11.8 Å². The van der Waals surface area contributed by atoms with Gasteiger partial charge in [0.05, 0.1) is 55.4 Å². The van der Waals surface area contributed by atoms with Crippen molar-refractivity contribution in [1.82, 2.24) is 16.0 Å². The van der Waals surface area contributed by atoms with Crippen LogP contribution < -0.4 is 27.4 Å². The monoisotopic (exact) mass is 723 g/mol. The molecular formula is C32H61N5O11S. The van der Waals surface area contributed by atoms with Crippen LogP contribution in [0.4, 0.5) is 0 Å². The Kier molecular flexibility index (Phi) is 22.6. The Morgan fingerprint density at radius 3 is 2.02 bits per heavy atom. The van der Waals surface area contributed by atoms with Crippen LogP contribution in [-0.2, 0) is 42.9 Å². The molecule has 286 valence electrons. The summed E-state index contributed by atoms with van der Waals surface area (Å²) in [5.41, 5.74) is 9.96. The Labute approximate surface area is 294 Å². The highest BCUT2D eigenvalue weighted by molar-refractivity contribution is 7.99. The van der Waals surface area contributed by atoms with E-state index in [2.05, 4.69) is 16.0 Å². The van der Waals surface area contributed by atoms with E-state index in [-0.39, 0.29) is 49.6 Å². The van der Waals surface area contributed by atoms with Crippen LogP contribution >= 0.6 is 11.8 Å². The number of nitrogens with one attached hydrogen (secondary N) is 3. The highest BCUT2D eigenvalue weighted by atomic mass is 32.2. The molecule has 3 amide bonds. The Hall–Kier alpha value is -2.54. The molecule has 0 aliphatic heterocycles. The third-order valence-corrected chi connectivity index (χ3v) is 8.22. The maximum atomic E-state index is 12.6. The van der Waals surface area contributed by atoms with E-state index in [9.17, 15) is 34.2 Å². The molecule has 4 atom stereocenters. The third-order valence-electron chi connectivity index (χ3n) is 7.01. The predicted octanol–water partition coefficient (Wildman–Crippen LogP) is -0.439. The lowest BCUT2D eigenvalue weighted by Crippen LogP contribution is -2.54. The van der Waals surface area contributed by atoms with Gasteiger partial charge in [-0.25, -0.2) is 0 Å². The van der Waals surface area contributed by atoms with Crippen LogP contribution in [-0.4, -0.2) is 127 Å². The van der Waals surface area contributed by atoms with Crippen LogP contribution in [0, 0.1) is 11.8 Å². The van der Waals surface area contributed by atoms with E-state index in [1.807, 2.05) is 27.7 Å². The van der Waals surface area contributed by atoms with Crippen LogP contribution in [0.5, 0.6) is 0 Å². The summed E-state index contributed by atoms with van der Waals surface area (Å²) in [4.78, 5) is 60.0. The number of aliphatic hydroxyl groups excluding tert-OH is 2. The first-order chi connectivity index (χ1) is 22.7. The Morgan fingerprint density at radius 2 is 1.45 bits per heavy atom. The molecule has 0 saturated carbocycles. The number of aliphatic hydroxyl groups is 2. The molecule has 9 N–H and O–H groups in total. The van der Waals surface area contributed by atoms with Gasteiger partial charge in [0.15, 0.2) is 0 Å². The summed E-state index contributed by atoms with van der Waals surface area (Å²) in [6, 6.07) is -2.27. The molecule has 49 heavy (non-hydrogen) atoms. The van der Waals surface area contributed by atoms with Crippen molar-refractivity contribution in [1.29, 1.82) is 0 Å². The molecule has 0 fully saturated rings. The largest absolute Gasteiger partial charge is 0.462 e. The van der Waals surface area contributed by atoms with E-state index in [0.29, 0.717) is 25.9 Å². The van der Waals surface area contributed by atoms with Crippen molar-refractivity contribution >= 4 is 41.4 Å². The number of hydrogen-bond acceptors (Lipinski definition) is 14. The highest BCUT2D eigenvalue weighted by Gasteiger charge is 2.26. The van der Waals surface area contributed by atoms with Crippen LogP contribution in [0.25, 0.3) is 0 Å². The number of carbonyl (C=O) groups excluding carboxylic acids is 5. The summed E-state index contributed by atoms with van der Waals surface area (Å²) < 4.78 is 22.5. The molecule has 1 unspecified atom stereocenters. The maximum absolute atomic E-state index is 12.6. The summed E-state index contributed by atoms with van der Waals surface area (Å²) >= 11 is 1.22. The van der Waals surface area contributed by atoms with Crippen LogP contribution in [0.3, 0.4) is 0 Å². The van der Waals surface area contributed by atoms with Gasteiger partial charge < -0.3 is 51.3 Å². The van der Waals surface area contributed by atoms with E-state index >= 15 is 0 Å². The molecule has 0 saturated heterocycles. The number of esters is 2. The average molecular weight is 724 g/mol. The Morgan fingerprint density at radius 1 is 0.857 bits per heavy atom. The zero-order chi connectivity index (χ0) is 37.8. The summed E-state index contributed by atoms with van der Waals surface area (Å²) in [5, 5.41) is 27.3. The summed E-state index contributed by atoms with van der Waals surface area (Å²) in [6.07, 6.45) is -0.156. The second-order valence-corrected chi connectivity index (χ2v) is 14.6. The van der Waals surface area contributed by atoms with Crippen molar-refractivity contribution in [3.05, 3.63) is 0 Å². The Bertz CT molecular complexity index is 1030. The fourth-order valence-corrected chi connectivity index (χ4v) is 4.75. The average Bonchev–Trinajstić information content (AvgIpc) is 3.01. The summed E-state index contributed by atoms with van der Waals surface area (Å²) in [5.74, 6) is -3.08. The summed E-state index contributed by atoms with van der Waals surface area (Å²) in [7, 11) is 0. The molecule has 0 aliphatic carbocycles.